The molecule has 0 atom stereocenters. The number of anilines is 1. The van der Waals surface area contributed by atoms with E-state index in [1.54, 1.807) is 18.3 Å². The van der Waals surface area contributed by atoms with Gasteiger partial charge in [-0.25, -0.2) is 0 Å². The molecular weight excluding hydrogens is 180 g/mol. The summed E-state index contributed by atoms with van der Waals surface area (Å²) in [5.41, 5.74) is 1.34. The molecule has 0 radical (unpaired) electrons. The first-order chi connectivity index (χ1) is 6.52. The standard InChI is InChI=1S/C10H12N2O2/c1-7-6-10(4-5-11-7)12(8(2)13)9(3)14/h4-6H,1-3H3. The summed E-state index contributed by atoms with van der Waals surface area (Å²) in [5, 5.41) is 0. The molecule has 0 bridgehead atoms. The zero-order valence-corrected chi connectivity index (χ0v) is 8.44. The van der Waals surface area contributed by atoms with Crippen molar-refractivity contribution < 1.29 is 9.59 Å². The molecule has 0 aliphatic carbocycles. The number of carbonyl (C=O) groups excluding carboxylic acids is 2. The van der Waals surface area contributed by atoms with E-state index in [0.29, 0.717) is 5.69 Å². The minimum atomic E-state index is -0.289. The SMILES string of the molecule is CC(=O)N(C(C)=O)c1ccnc(C)c1. The van der Waals surface area contributed by atoms with Gasteiger partial charge in [-0.05, 0) is 19.1 Å². The van der Waals surface area contributed by atoms with E-state index < -0.39 is 0 Å². The van der Waals surface area contributed by atoms with Crippen molar-refractivity contribution >= 4 is 17.5 Å². The van der Waals surface area contributed by atoms with Gasteiger partial charge in [-0.3, -0.25) is 19.5 Å². The van der Waals surface area contributed by atoms with Crippen LogP contribution < -0.4 is 4.90 Å². The van der Waals surface area contributed by atoms with Gasteiger partial charge in [0.2, 0.25) is 11.8 Å². The summed E-state index contributed by atoms with van der Waals surface area (Å²) >= 11 is 0. The van der Waals surface area contributed by atoms with Gasteiger partial charge in [-0.15, -0.1) is 0 Å². The molecule has 4 heteroatoms. The summed E-state index contributed by atoms with van der Waals surface area (Å²) in [7, 11) is 0. The van der Waals surface area contributed by atoms with Crippen LogP contribution >= 0.6 is 0 Å². The second-order valence-corrected chi connectivity index (χ2v) is 3.03. The lowest BCUT2D eigenvalue weighted by Crippen LogP contribution is -2.33. The number of rotatable bonds is 1. The van der Waals surface area contributed by atoms with Gasteiger partial charge in [0.1, 0.15) is 0 Å². The van der Waals surface area contributed by atoms with Crippen molar-refractivity contribution in [1.82, 2.24) is 4.98 Å². The van der Waals surface area contributed by atoms with Gasteiger partial charge in [0, 0.05) is 25.7 Å². The van der Waals surface area contributed by atoms with Crippen LogP contribution in [0.5, 0.6) is 0 Å². The Hall–Kier alpha value is -1.71. The lowest BCUT2D eigenvalue weighted by molar-refractivity contribution is -0.124. The molecule has 1 rings (SSSR count). The van der Waals surface area contributed by atoms with Gasteiger partial charge in [0.15, 0.2) is 0 Å². The van der Waals surface area contributed by atoms with Crippen molar-refractivity contribution in [3.63, 3.8) is 0 Å². The molecule has 1 heterocycles. The third-order valence-electron chi connectivity index (χ3n) is 1.77. The monoisotopic (exact) mass is 192 g/mol. The first kappa shape index (κ1) is 10.4. The van der Waals surface area contributed by atoms with E-state index in [2.05, 4.69) is 4.98 Å². The fourth-order valence-corrected chi connectivity index (χ4v) is 1.26. The highest BCUT2D eigenvalue weighted by atomic mass is 16.2. The predicted molar refractivity (Wildman–Crippen MR) is 52.8 cm³/mol. The molecule has 0 saturated carbocycles. The first-order valence-electron chi connectivity index (χ1n) is 4.26. The highest BCUT2D eigenvalue weighted by Gasteiger charge is 2.15. The van der Waals surface area contributed by atoms with E-state index in [0.717, 1.165) is 10.6 Å². The minimum Gasteiger partial charge on any atom is -0.274 e. The maximum atomic E-state index is 11.2. The van der Waals surface area contributed by atoms with Crippen LogP contribution in [0.1, 0.15) is 19.5 Å². The van der Waals surface area contributed by atoms with E-state index in [4.69, 9.17) is 0 Å². The minimum absolute atomic E-state index is 0.289. The normalized spacial score (nSPS) is 9.64. The van der Waals surface area contributed by atoms with Crippen molar-refractivity contribution in [2.45, 2.75) is 20.8 Å². The summed E-state index contributed by atoms with van der Waals surface area (Å²) in [5.74, 6) is -0.578. The summed E-state index contributed by atoms with van der Waals surface area (Å²) in [6, 6.07) is 3.33. The van der Waals surface area contributed by atoms with Crippen molar-refractivity contribution in [2.75, 3.05) is 4.90 Å². The molecule has 0 spiro atoms. The van der Waals surface area contributed by atoms with E-state index in [1.807, 2.05) is 6.92 Å². The number of hydrogen-bond acceptors (Lipinski definition) is 3. The summed E-state index contributed by atoms with van der Waals surface area (Å²) in [6.45, 7) is 4.52. The number of pyridine rings is 1. The second kappa shape index (κ2) is 4.00. The van der Waals surface area contributed by atoms with E-state index >= 15 is 0 Å². The van der Waals surface area contributed by atoms with E-state index in [-0.39, 0.29) is 11.8 Å². The Morgan fingerprint density at radius 1 is 1.29 bits per heavy atom. The Bertz CT molecular complexity index is 360. The molecule has 1 aromatic rings. The molecule has 0 unspecified atom stereocenters. The van der Waals surface area contributed by atoms with E-state index in [9.17, 15) is 9.59 Å². The molecule has 0 fully saturated rings. The summed E-state index contributed by atoms with van der Waals surface area (Å²) in [4.78, 5) is 27.5. The number of carbonyl (C=O) groups is 2. The van der Waals surface area contributed by atoms with Crippen LogP contribution in [0.4, 0.5) is 5.69 Å². The number of aryl methyl sites for hydroxylation is 1. The van der Waals surface area contributed by atoms with Gasteiger partial charge in [0.25, 0.3) is 0 Å². The number of nitrogens with zero attached hydrogens (tertiary/aromatic N) is 2. The topological polar surface area (TPSA) is 50.3 Å². The molecule has 1 aromatic heterocycles. The molecule has 4 nitrogen and oxygen atoms in total. The zero-order valence-electron chi connectivity index (χ0n) is 8.44. The van der Waals surface area contributed by atoms with Crippen molar-refractivity contribution in [2.24, 2.45) is 0 Å². The number of imide groups is 1. The average Bonchev–Trinajstić information content (AvgIpc) is 2.02. The second-order valence-electron chi connectivity index (χ2n) is 3.03. The molecule has 0 aliphatic heterocycles. The molecule has 0 aliphatic rings. The third-order valence-corrected chi connectivity index (χ3v) is 1.77. The van der Waals surface area contributed by atoms with Gasteiger partial charge < -0.3 is 0 Å². The fourth-order valence-electron chi connectivity index (χ4n) is 1.26. The molecular formula is C10H12N2O2. The van der Waals surface area contributed by atoms with Gasteiger partial charge in [0.05, 0.1) is 5.69 Å². The Morgan fingerprint density at radius 2 is 1.86 bits per heavy atom. The van der Waals surface area contributed by atoms with Gasteiger partial charge >= 0.3 is 0 Å². The lowest BCUT2D eigenvalue weighted by atomic mass is 10.3. The van der Waals surface area contributed by atoms with Crippen LogP contribution in [0.25, 0.3) is 0 Å². The first-order valence-corrected chi connectivity index (χ1v) is 4.26. The maximum absolute atomic E-state index is 11.2. The van der Waals surface area contributed by atoms with Crippen LogP contribution in [0.2, 0.25) is 0 Å². The molecule has 0 saturated heterocycles. The number of hydrogen-bond donors (Lipinski definition) is 0. The third kappa shape index (κ3) is 2.16. The predicted octanol–water partition coefficient (Wildman–Crippen LogP) is 1.29. The van der Waals surface area contributed by atoms with E-state index in [1.165, 1.54) is 13.8 Å². The van der Waals surface area contributed by atoms with Crippen LogP contribution in [0.15, 0.2) is 18.3 Å². The van der Waals surface area contributed by atoms with Crippen molar-refractivity contribution in [3.05, 3.63) is 24.0 Å². The molecule has 2 amide bonds. The van der Waals surface area contributed by atoms with Crippen LogP contribution in [0, 0.1) is 6.92 Å². The summed E-state index contributed by atoms with van der Waals surface area (Å²) in [6.07, 6.45) is 1.57. The Labute approximate surface area is 82.6 Å². The Morgan fingerprint density at radius 3 is 2.29 bits per heavy atom. The molecule has 0 N–H and O–H groups in total. The highest BCUT2D eigenvalue weighted by Crippen LogP contribution is 2.14. The largest absolute Gasteiger partial charge is 0.274 e. The number of amides is 2. The van der Waals surface area contributed by atoms with Crippen LogP contribution in [-0.4, -0.2) is 16.8 Å². The van der Waals surface area contributed by atoms with Crippen LogP contribution in [-0.2, 0) is 9.59 Å². The Balaban J connectivity index is 3.12. The van der Waals surface area contributed by atoms with Gasteiger partial charge in [-0.2, -0.15) is 0 Å². The van der Waals surface area contributed by atoms with Crippen LogP contribution in [0.3, 0.4) is 0 Å². The van der Waals surface area contributed by atoms with Crippen molar-refractivity contribution in [3.8, 4) is 0 Å². The zero-order chi connectivity index (χ0) is 10.7. The molecule has 14 heavy (non-hydrogen) atoms. The van der Waals surface area contributed by atoms with Gasteiger partial charge in [-0.1, -0.05) is 0 Å². The number of aromatic nitrogens is 1. The fraction of sp³-hybridized carbons (Fsp3) is 0.300. The van der Waals surface area contributed by atoms with Crippen molar-refractivity contribution in [1.29, 1.82) is 0 Å². The summed E-state index contributed by atoms with van der Waals surface area (Å²) < 4.78 is 0. The smallest absolute Gasteiger partial charge is 0.230 e. The molecule has 0 aromatic carbocycles. The maximum Gasteiger partial charge on any atom is 0.230 e. The lowest BCUT2D eigenvalue weighted by Gasteiger charge is -2.16. The highest BCUT2D eigenvalue weighted by molar-refractivity contribution is 6.13. The molecule has 74 valence electrons. The quantitative estimate of drug-likeness (QED) is 0.673. The Kier molecular flexibility index (Phi) is 2.96. The average molecular weight is 192 g/mol.